The predicted molar refractivity (Wildman–Crippen MR) is 79.8 cm³/mol. The Morgan fingerprint density at radius 1 is 1.20 bits per heavy atom. The van der Waals surface area contributed by atoms with Crippen LogP contribution in [0.3, 0.4) is 0 Å². The standard InChI is InChI=1S/C13H19BFNO3S/c1-12(2)13(3,4)19-14(18-12)9-6-7-11(10(15)8-9)16-20(5)17/h6-8,16H,1-5H3. The van der Waals surface area contributed by atoms with E-state index in [1.807, 2.05) is 27.7 Å². The summed E-state index contributed by atoms with van der Waals surface area (Å²) in [7, 11) is -1.91. The highest BCUT2D eigenvalue weighted by Crippen LogP contribution is 2.36. The van der Waals surface area contributed by atoms with Crippen molar-refractivity contribution in [3.05, 3.63) is 24.0 Å². The van der Waals surface area contributed by atoms with Gasteiger partial charge >= 0.3 is 7.12 Å². The second-order valence-electron chi connectivity index (χ2n) is 5.88. The summed E-state index contributed by atoms with van der Waals surface area (Å²) in [6, 6.07) is 4.59. The van der Waals surface area contributed by atoms with Gasteiger partial charge in [0, 0.05) is 6.26 Å². The monoisotopic (exact) mass is 299 g/mol. The van der Waals surface area contributed by atoms with E-state index in [-0.39, 0.29) is 5.69 Å². The second-order valence-corrected chi connectivity index (χ2v) is 7.00. The number of hydrogen-bond donors (Lipinski definition) is 1. The molecule has 7 heteroatoms. The van der Waals surface area contributed by atoms with Crippen molar-refractivity contribution in [2.45, 2.75) is 38.9 Å². The van der Waals surface area contributed by atoms with E-state index in [4.69, 9.17) is 9.31 Å². The number of benzene rings is 1. The van der Waals surface area contributed by atoms with Gasteiger partial charge in [-0.25, -0.2) is 8.60 Å². The number of hydrogen-bond acceptors (Lipinski definition) is 3. The van der Waals surface area contributed by atoms with Crippen LogP contribution in [0.15, 0.2) is 18.2 Å². The van der Waals surface area contributed by atoms with Gasteiger partial charge in [0.15, 0.2) is 0 Å². The van der Waals surface area contributed by atoms with Crippen LogP contribution in [0.1, 0.15) is 27.7 Å². The average Bonchev–Trinajstić information content (AvgIpc) is 2.50. The van der Waals surface area contributed by atoms with Gasteiger partial charge in [-0.3, -0.25) is 0 Å². The van der Waals surface area contributed by atoms with Crippen LogP contribution in [0.2, 0.25) is 0 Å². The Morgan fingerprint density at radius 3 is 2.20 bits per heavy atom. The fourth-order valence-corrected chi connectivity index (χ4v) is 2.37. The first-order valence-electron chi connectivity index (χ1n) is 6.37. The fourth-order valence-electron chi connectivity index (χ4n) is 1.89. The van der Waals surface area contributed by atoms with Gasteiger partial charge in [0.25, 0.3) is 0 Å². The lowest BCUT2D eigenvalue weighted by Gasteiger charge is -2.32. The summed E-state index contributed by atoms with van der Waals surface area (Å²) in [5, 5.41) is 0. The molecule has 0 amide bonds. The first kappa shape index (κ1) is 15.5. The van der Waals surface area contributed by atoms with Crippen LogP contribution < -0.4 is 10.2 Å². The van der Waals surface area contributed by atoms with E-state index in [9.17, 15) is 8.60 Å². The van der Waals surface area contributed by atoms with Crippen LogP contribution in [0.4, 0.5) is 10.1 Å². The molecule has 0 radical (unpaired) electrons. The van der Waals surface area contributed by atoms with Gasteiger partial charge in [-0.05, 0) is 45.3 Å². The summed E-state index contributed by atoms with van der Waals surface area (Å²) < 4.78 is 39.3. The Kier molecular flexibility index (Phi) is 3.97. The van der Waals surface area contributed by atoms with Crippen molar-refractivity contribution in [3.8, 4) is 0 Å². The quantitative estimate of drug-likeness (QED) is 0.866. The van der Waals surface area contributed by atoms with Crippen molar-refractivity contribution >= 4 is 29.3 Å². The molecule has 1 fully saturated rings. The highest BCUT2D eigenvalue weighted by molar-refractivity contribution is 7.85. The molecule has 2 rings (SSSR count). The molecule has 20 heavy (non-hydrogen) atoms. The van der Waals surface area contributed by atoms with Crippen LogP contribution in [-0.4, -0.2) is 28.8 Å². The molecule has 1 heterocycles. The Hall–Kier alpha value is -0.915. The smallest absolute Gasteiger partial charge is 0.399 e. The molecule has 1 atom stereocenters. The summed E-state index contributed by atoms with van der Waals surface area (Å²) >= 11 is 0. The second kappa shape index (κ2) is 5.13. The number of rotatable bonds is 3. The van der Waals surface area contributed by atoms with Crippen molar-refractivity contribution in [1.29, 1.82) is 0 Å². The number of nitrogens with one attached hydrogen (secondary N) is 1. The van der Waals surface area contributed by atoms with Crippen molar-refractivity contribution in [3.63, 3.8) is 0 Å². The van der Waals surface area contributed by atoms with Crippen molar-refractivity contribution < 1.29 is 17.9 Å². The lowest BCUT2D eigenvalue weighted by Crippen LogP contribution is -2.41. The Labute approximate surface area is 121 Å². The third-order valence-electron chi connectivity index (χ3n) is 3.77. The minimum absolute atomic E-state index is 0.200. The zero-order valence-corrected chi connectivity index (χ0v) is 13.1. The lowest BCUT2D eigenvalue weighted by atomic mass is 9.79. The highest BCUT2D eigenvalue weighted by atomic mass is 32.2. The Morgan fingerprint density at radius 2 is 1.75 bits per heavy atom. The normalized spacial score (nSPS) is 21.8. The molecule has 0 bridgehead atoms. The topological polar surface area (TPSA) is 47.6 Å². The molecule has 0 saturated carbocycles. The molecule has 110 valence electrons. The molecule has 1 aromatic rings. The molecule has 1 saturated heterocycles. The predicted octanol–water partition coefficient (Wildman–Crippen LogP) is 1.83. The summed E-state index contributed by atoms with van der Waals surface area (Å²) in [5.74, 6) is -0.479. The SMILES string of the molecule is CS(=O)Nc1ccc(B2OC(C)(C)C(C)(C)O2)cc1F. The van der Waals surface area contributed by atoms with Gasteiger partial charge in [0.1, 0.15) is 16.8 Å². The lowest BCUT2D eigenvalue weighted by molar-refractivity contribution is 0.00578. The summed E-state index contributed by atoms with van der Waals surface area (Å²) in [6.45, 7) is 7.78. The van der Waals surface area contributed by atoms with Gasteiger partial charge < -0.3 is 14.0 Å². The van der Waals surface area contributed by atoms with Crippen LogP contribution >= 0.6 is 0 Å². The Balaban J connectivity index is 2.24. The third-order valence-corrected chi connectivity index (χ3v) is 4.28. The zero-order valence-electron chi connectivity index (χ0n) is 12.3. The van der Waals surface area contributed by atoms with Crippen molar-refractivity contribution in [1.82, 2.24) is 0 Å². The molecular formula is C13H19BFNO3S. The maximum Gasteiger partial charge on any atom is 0.494 e. The minimum Gasteiger partial charge on any atom is -0.399 e. The van der Waals surface area contributed by atoms with Crippen molar-refractivity contribution in [2.24, 2.45) is 0 Å². The summed E-state index contributed by atoms with van der Waals surface area (Å²) in [4.78, 5) is 0. The number of anilines is 1. The van der Waals surface area contributed by atoms with E-state index in [1.165, 1.54) is 18.4 Å². The van der Waals surface area contributed by atoms with Gasteiger partial charge in [-0.1, -0.05) is 6.07 Å². The van der Waals surface area contributed by atoms with Gasteiger partial charge in [0.05, 0.1) is 16.9 Å². The van der Waals surface area contributed by atoms with E-state index in [1.54, 1.807) is 6.07 Å². The van der Waals surface area contributed by atoms with Crippen molar-refractivity contribution in [2.75, 3.05) is 11.0 Å². The molecule has 0 aromatic heterocycles. The van der Waals surface area contributed by atoms with Gasteiger partial charge in [0.2, 0.25) is 0 Å². The average molecular weight is 299 g/mol. The fraction of sp³-hybridized carbons (Fsp3) is 0.538. The maximum absolute atomic E-state index is 13.9. The Bertz CT molecular complexity index is 534. The molecule has 0 spiro atoms. The van der Waals surface area contributed by atoms with E-state index in [0.717, 1.165) is 0 Å². The first-order valence-corrected chi connectivity index (χ1v) is 7.93. The van der Waals surface area contributed by atoms with Gasteiger partial charge in [-0.15, -0.1) is 0 Å². The molecule has 1 aliphatic rings. The molecule has 0 aliphatic carbocycles. The third kappa shape index (κ3) is 2.89. The van der Waals surface area contributed by atoms with E-state index < -0.39 is 35.1 Å². The molecule has 1 unspecified atom stereocenters. The van der Waals surface area contributed by atoms with Crippen LogP contribution in [0.25, 0.3) is 0 Å². The van der Waals surface area contributed by atoms with Crippen LogP contribution in [0, 0.1) is 5.82 Å². The molecule has 1 aliphatic heterocycles. The molecule has 1 aromatic carbocycles. The van der Waals surface area contributed by atoms with Crippen LogP contribution in [-0.2, 0) is 20.3 Å². The maximum atomic E-state index is 13.9. The molecular weight excluding hydrogens is 280 g/mol. The highest BCUT2D eigenvalue weighted by Gasteiger charge is 2.51. The van der Waals surface area contributed by atoms with E-state index in [2.05, 4.69) is 4.72 Å². The van der Waals surface area contributed by atoms with E-state index >= 15 is 0 Å². The van der Waals surface area contributed by atoms with Crippen LogP contribution in [0.5, 0.6) is 0 Å². The zero-order chi connectivity index (χ0) is 15.1. The van der Waals surface area contributed by atoms with E-state index in [0.29, 0.717) is 5.46 Å². The molecule has 1 N–H and O–H groups in total. The summed E-state index contributed by atoms with van der Waals surface area (Å²) in [6.07, 6.45) is 1.45. The molecule has 4 nitrogen and oxygen atoms in total. The minimum atomic E-state index is -1.31. The number of halogens is 1. The first-order chi connectivity index (χ1) is 9.12. The van der Waals surface area contributed by atoms with Gasteiger partial charge in [-0.2, -0.15) is 0 Å². The largest absolute Gasteiger partial charge is 0.494 e. The summed E-state index contributed by atoms with van der Waals surface area (Å²) in [5.41, 5.74) is -0.119.